The van der Waals surface area contributed by atoms with Gasteiger partial charge in [0.1, 0.15) is 0 Å². The molecule has 0 bridgehead atoms. The molecule has 332 valence electrons. The molecule has 0 saturated carbocycles. The minimum atomic E-state index is -0.431. The fraction of sp³-hybridized carbons (Fsp3) is 0.0145. The standard InChI is InChI=1S/C69H46N2/c1-5-18-47(19-6-1)48-36-42-53(43-37-48)65-46-66(71-68(70-65)54-20-7-2-8-21-54)61-45-44-57(59-26-13-14-27-60(59)61)51-38-32-49(33-39-51)50-34-40-52(41-35-50)58-29-17-31-64-67(58)62-28-15-16-30-63(62)69(64,55-22-9-3-10-23-55)56-24-11-4-12-25-56/h1-46H. The van der Waals surface area contributed by atoms with Crippen LogP contribution in [0.25, 0.3) is 100 Å². The van der Waals surface area contributed by atoms with Crippen molar-refractivity contribution in [2.24, 2.45) is 0 Å². The zero-order valence-corrected chi connectivity index (χ0v) is 39.0. The van der Waals surface area contributed by atoms with Gasteiger partial charge in [0.15, 0.2) is 5.82 Å². The predicted octanol–water partition coefficient (Wildman–Crippen LogP) is 17.7. The van der Waals surface area contributed by atoms with Gasteiger partial charge in [-0.3, -0.25) is 0 Å². The highest BCUT2D eigenvalue weighted by atomic mass is 14.9. The lowest BCUT2D eigenvalue weighted by Crippen LogP contribution is -2.28. The first-order valence-electron chi connectivity index (χ1n) is 24.4. The summed E-state index contributed by atoms with van der Waals surface area (Å²) >= 11 is 0. The molecule has 0 saturated heterocycles. The van der Waals surface area contributed by atoms with Crippen LogP contribution in [-0.4, -0.2) is 9.97 Å². The van der Waals surface area contributed by atoms with Crippen LogP contribution in [0.2, 0.25) is 0 Å². The molecule has 71 heavy (non-hydrogen) atoms. The zero-order chi connectivity index (χ0) is 47.1. The molecule has 0 spiro atoms. The summed E-state index contributed by atoms with van der Waals surface area (Å²) in [7, 11) is 0. The molecule has 1 aromatic heterocycles. The van der Waals surface area contributed by atoms with Crippen molar-refractivity contribution < 1.29 is 0 Å². The van der Waals surface area contributed by atoms with Crippen molar-refractivity contribution in [1.29, 1.82) is 0 Å². The summed E-state index contributed by atoms with van der Waals surface area (Å²) in [4.78, 5) is 10.4. The van der Waals surface area contributed by atoms with E-state index in [9.17, 15) is 0 Å². The third-order valence-corrected chi connectivity index (χ3v) is 14.5. The second-order valence-electron chi connectivity index (χ2n) is 18.4. The first-order valence-corrected chi connectivity index (χ1v) is 24.4. The fourth-order valence-electron chi connectivity index (χ4n) is 11.1. The van der Waals surface area contributed by atoms with E-state index in [4.69, 9.17) is 9.97 Å². The molecule has 0 radical (unpaired) electrons. The first-order chi connectivity index (χ1) is 35.2. The predicted molar refractivity (Wildman–Crippen MR) is 295 cm³/mol. The van der Waals surface area contributed by atoms with Crippen LogP contribution in [0, 0.1) is 0 Å². The average Bonchev–Trinajstić information content (AvgIpc) is 3.77. The zero-order valence-electron chi connectivity index (χ0n) is 39.0. The molecular formula is C69H46N2. The lowest BCUT2D eigenvalue weighted by atomic mass is 9.67. The van der Waals surface area contributed by atoms with Gasteiger partial charge < -0.3 is 0 Å². The van der Waals surface area contributed by atoms with E-state index < -0.39 is 5.41 Å². The first kappa shape index (κ1) is 41.9. The normalized spacial score (nSPS) is 12.3. The van der Waals surface area contributed by atoms with E-state index in [1.54, 1.807) is 0 Å². The summed E-state index contributed by atoms with van der Waals surface area (Å²) in [6.45, 7) is 0. The Hall–Kier alpha value is -9.24. The highest BCUT2D eigenvalue weighted by Gasteiger charge is 2.46. The monoisotopic (exact) mass is 902 g/mol. The molecule has 0 N–H and O–H groups in total. The number of hydrogen-bond donors (Lipinski definition) is 0. The van der Waals surface area contributed by atoms with Gasteiger partial charge in [0.25, 0.3) is 0 Å². The lowest BCUT2D eigenvalue weighted by molar-refractivity contribution is 0.768. The smallest absolute Gasteiger partial charge is 0.160 e. The van der Waals surface area contributed by atoms with Crippen molar-refractivity contribution in [3.63, 3.8) is 0 Å². The van der Waals surface area contributed by atoms with Crippen LogP contribution in [0.1, 0.15) is 22.3 Å². The number of hydrogen-bond acceptors (Lipinski definition) is 2. The average molecular weight is 903 g/mol. The van der Waals surface area contributed by atoms with Crippen LogP contribution in [0.4, 0.5) is 0 Å². The van der Waals surface area contributed by atoms with Crippen molar-refractivity contribution in [1.82, 2.24) is 9.97 Å². The largest absolute Gasteiger partial charge is 0.228 e. The Balaban J connectivity index is 0.835. The van der Waals surface area contributed by atoms with Crippen LogP contribution in [0.15, 0.2) is 279 Å². The topological polar surface area (TPSA) is 25.8 Å². The van der Waals surface area contributed by atoms with Gasteiger partial charge in [-0.1, -0.05) is 273 Å². The molecule has 13 rings (SSSR count). The Bertz CT molecular complexity index is 3830. The van der Waals surface area contributed by atoms with Gasteiger partial charge in [-0.05, 0) is 94.7 Å². The maximum Gasteiger partial charge on any atom is 0.160 e. The molecule has 1 heterocycles. The Labute approximate surface area is 414 Å². The van der Waals surface area contributed by atoms with E-state index in [1.165, 1.54) is 83.3 Å². The number of fused-ring (bicyclic) bond motifs is 4. The Morgan fingerprint density at radius 2 is 0.648 bits per heavy atom. The van der Waals surface area contributed by atoms with Crippen molar-refractivity contribution >= 4 is 10.8 Å². The van der Waals surface area contributed by atoms with Crippen molar-refractivity contribution in [3.8, 4) is 89.5 Å². The van der Waals surface area contributed by atoms with Gasteiger partial charge in [-0.2, -0.15) is 0 Å². The molecule has 2 heteroatoms. The maximum absolute atomic E-state index is 5.23. The van der Waals surface area contributed by atoms with Crippen molar-refractivity contribution in [2.75, 3.05) is 0 Å². The maximum atomic E-state index is 5.23. The number of aromatic nitrogens is 2. The summed E-state index contributed by atoms with van der Waals surface area (Å²) in [5, 5.41) is 2.32. The molecule has 0 unspecified atom stereocenters. The van der Waals surface area contributed by atoms with Gasteiger partial charge >= 0.3 is 0 Å². The molecule has 1 aliphatic rings. The molecular weight excluding hydrogens is 857 g/mol. The van der Waals surface area contributed by atoms with Crippen LogP contribution in [0.5, 0.6) is 0 Å². The summed E-state index contributed by atoms with van der Waals surface area (Å²) in [6.07, 6.45) is 0. The third-order valence-electron chi connectivity index (χ3n) is 14.5. The molecule has 11 aromatic carbocycles. The van der Waals surface area contributed by atoms with E-state index in [2.05, 4.69) is 255 Å². The number of rotatable bonds is 9. The van der Waals surface area contributed by atoms with Crippen LogP contribution < -0.4 is 0 Å². The molecule has 0 amide bonds. The number of benzene rings is 11. The molecule has 0 aliphatic heterocycles. The van der Waals surface area contributed by atoms with Gasteiger partial charge in [0, 0.05) is 16.7 Å². The SMILES string of the molecule is c1ccc(-c2ccc(-c3cc(-c4ccc(-c5ccc(-c6ccc(-c7cccc8c7-c7ccccc7C8(c7ccccc7)c7ccccc7)cc6)cc5)c5ccccc45)nc(-c4ccccc4)n3)cc2)cc1. The van der Waals surface area contributed by atoms with Gasteiger partial charge in [0.2, 0.25) is 0 Å². The van der Waals surface area contributed by atoms with Gasteiger partial charge in [-0.25, -0.2) is 9.97 Å². The third kappa shape index (κ3) is 7.28. The molecule has 12 aromatic rings. The molecule has 0 atom stereocenters. The van der Waals surface area contributed by atoms with E-state index in [0.29, 0.717) is 5.82 Å². The molecule has 0 fully saturated rings. The van der Waals surface area contributed by atoms with Crippen LogP contribution in [0.3, 0.4) is 0 Å². The van der Waals surface area contributed by atoms with Crippen molar-refractivity contribution in [2.45, 2.75) is 5.41 Å². The summed E-state index contributed by atoms with van der Waals surface area (Å²) in [6, 6.07) is 101. The molecule has 2 nitrogen and oxygen atoms in total. The van der Waals surface area contributed by atoms with E-state index in [-0.39, 0.29) is 0 Å². The van der Waals surface area contributed by atoms with Crippen LogP contribution >= 0.6 is 0 Å². The van der Waals surface area contributed by atoms with E-state index in [1.807, 2.05) is 24.3 Å². The summed E-state index contributed by atoms with van der Waals surface area (Å²) in [5.74, 6) is 0.702. The van der Waals surface area contributed by atoms with Crippen LogP contribution in [-0.2, 0) is 5.41 Å². The summed E-state index contributed by atoms with van der Waals surface area (Å²) < 4.78 is 0. The lowest BCUT2D eigenvalue weighted by Gasteiger charge is -2.34. The highest BCUT2D eigenvalue weighted by Crippen LogP contribution is 2.58. The molecule has 1 aliphatic carbocycles. The Morgan fingerprint density at radius 3 is 1.25 bits per heavy atom. The fourth-order valence-corrected chi connectivity index (χ4v) is 11.1. The second kappa shape index (κ2) is 17.7. The van der Waals surface area contributed by atoms with E-state index >= 15 is 0 Å². The summed E-state index contributed by atoms with van der Waals surface area (Å²) in [5.41, 5.74) is 21.7. The quantitative estimate of drug-likeness (QED) is 0.144. The highest BCUT2D eigenvalue weighted by molar-refractivity contribution is 6.05. The van der Waals surface area contributed by atoms with Gasteiger partial charge in [0.05, 0.1) is 16.8 Å². The second-order valence-corrected chi connectivity index (χ2v) is 18.4. The number of nitrogens with zero attached hydrogens (tertiary/aromatic N) is 2. The minimum Gasteiger partial charge on any atom is -0.228 e. The Morgan fingerprint density at radius 1 is 0.239 bits per heavy atom. The minimum absolute atomic E-state index is 0.431. The van der Waals surface area contributed by atoms with E-state index in [0.717, 1.165) is 33.5 Å². The Kier molecular flexibility index (Phi) is 10.4. The van der Waals surface area contributed by atoms with Crippen molar-refractivity contribution in [3.05, 3.63) is 301 Å². The van der Waals surface area contributed by atoms with Gasteiger partial charge in [-0.15, -0.1) is 0 Å².